The van der Waals surface area contributed by atoms with Gasteiger partial charge >= 0.3 is 0 Å². The van der Waals surface area contributed by atoms with E-state index in [9.17, 15) is 4.79 Å². The lowest BCUT2D eigenvalue weighted by Gasteiger charge is -2.26. The molecule has 0 bridgehead atoms. The van der Waals surface area contributed by atoms with E-state index in [1.54, 1.807) is 12.3 Å². The van der Waals surface area contributed by atoms with Crippen LogP contribution in [0.25, 0.3) is 0 Å². The van der Waals surface area contributed by atoms with Crippen molar-refractivity contribution in [2.24, 2.45) is 0 Å². The highest BCUT2D eigenvalue weighted by Crippen LogP contribution is 2.28. The first kappa shape index (κ1) is 12.5. The van der Waals surface area contributed by atoms with Gasteiger partial charge in [-0.15, -0.1) is 0 Å². The van der Waals surface area contributed by atoms with Gasteiger partial charge in [-0.25, -0.2) is 4.98 Å². The number of benzene rings is 1. The number of nitrogens with two attached hydrogens (primary N) is 1. The molecule has 5 heteroatoms. The van der Waals surface area contributed by atoms with Crippen LogP contribution >= 0.6 is 0 Å². The van der Waals surface area contributed by atoms with Crippen molar-refractivity contribution in [3.63, 3.8) is 0 Å². The van der Waals surface area contributed by atoms with Gasteiger partial charge in [0.25, 0.3) is 0 Å². The van der Waals surface area contributed by atoms with Crippen LogP contribution in [-0.2, 0) is 11.2 Å². The number of ether oxygens (including phenoxy) is 1. The minimum Gasteiger partial charge on any atom is -0.479 e. The van der Waals surface area contributed by atoms with E-state index in [0.29, 0.717) is 18.1 Å². The van der Waals surface area contributed by atoms with E-state index in [1.807, 2.05) is 30.3 Å². The molecule has 0 radical (unpaired) electrons. The predicted molar refractivity (Wildman–Crippen MR) is 76.7 cm³/mol. The fourth-order valence-electron chi connectivity index (χ4n) is 2.19. The third kappa shape index (κ3) is 2.42. The SMILES string of the molecule is Nc1ncccc1CC(=O)C1CNc2ccccc2O1. The highest BCUT2D eigenvalue weighted by Gasteiger charge is 2.25. The number of aromatic nitrogens is 1. The smallest absolute Gasteiger partial charge is 0.179 e. The number of fused-ring (bicyclic) bond motifs is 1. The van der Waals surface area contributed by atoms with Crippen molar-refractivity contribution in [2.75, 3.05) is 17.6 Å². The molecule has 5 nitrogen and oxygen atoms in total. The van der Waals surface area contributed by atoms with E-state index < -0.39 is 6.10 Å². The average Bonchev–Trinajstić information content (AvgIpc) is 2.49. The molecule has 0 spiro atoms. The second kappa shape index (κ2) is 5.21. The second-order valence-electron chi connectivity index (χ2n) is 4.67. The molecule has 102 valence electrons. The predicted octanol–water partition coefficient (Wildman–Crippen LogP) is 1.65. The fourth-order valence-corrected chi connectivity index (χ4v) is 2.19. The maximum atomic E-state index is 12.3. The molecule has 0 aliphatic carbocycles. The molecule has 1 unspecified atom stereocenters. The van der Waals surface area contributed by atoms with E-state index in [4.69, 9.17) is 10.5 Å². The summed E-state index contributed by atoms with van der Waals surface area (Å²) in [6, 6.07) is 11.2. The Labute approximate surface area is 116 Å². The number of pyridine rings is 1. The first-order chi connectivity index (χ1) is 9.74. The van der Waals surface area contributed by atoms with Crippen LogP contribution in [-0.4, -0.2) is 23.4 Å². The average molecular weight is 269 g/mol. The zero-order valence-electron chi connectivity index (χ0n) is 10.9. The van der Waals surface area contributed by atoms with Crippen molar-refractivity contribution in [2.45, 2.75) is 12.5 Å². The first-order valence-corrected chi connectivity index (χ1v) is 6.45. The number of hydrogen-bond acceptors (Lipinski definition) is 5. The second-order valence-corrected chi connectivity index (χ2v) is 4.67. The monoisotopic (exact) mass is 269 g/mol. The molecule has 1 aromatic carbocycles. The molecule has 1 atom stereocenters. The first-order valence-electron chi connectivity index (χ1n) is 6.45. The molecule has 3 N–H and O–H groups in total. The zero-order valence-corrected chi connectivity index (χ0v) is 10.9. The van der Waals surface area contributed by atoms with E-state index >= 15 is 0 Å². The maximum absolute atomic E-state index is 12.3. The number of hydrogen-bond donors (Lipinski definition) is 2. The standard InChI is InChI=1S/C15H15N3O2/c16-15-10(4-3-7-17-15)8-12(19)14-9-18-11-5-1-2-6-13(11)20-14/h1-7,14,18H,8-9H2,(H2,16,17). The lowest BCUT2D eigenvalue weighted by molar-refractivity contribution is -0.124. The van der Waals surface area contributed by atoms with Gasteiger partial charge in [-0.3, -0.25) is 4.79 Å². The molecule has 2 heterocycles. The van der Waals surface area contributed by atoms with Crippen LogP contribution in [0.15, 0.2) is 42.6 Å². The van der Waals surface area contributed by atoms with Crippen LogP contribution in [0.5, 0.6) is 5.75 Å². The minimum atomic E-state index is -0.496. The van der Waals surface area contributed by atoms with Crippen LogP contribution in [0.2, 0.25) is 0 Å². The number of nitrogens with zero attached hydrogens (tertiary/aromatic N) is 1. The van der Waals surface area contributed by atoms with E-state index in [-0.39, 0.29) is 12.2 Å². The Balaban J connectivity index is 1.72. The van der Waals surface area contributed by atoms with Gasteiger partial charge in [-0.05, 0) is 18.2 Å². The number of carbonyl (C=O) groups is 1. The summed E-state index contributed by atoms with van der Waals surface area (Å²) in [6.07, 6.45) is 1.34. The summed E-state index contributed by atoms with van der Waals surface area (Å²) in [4.78, 5) is 16.3. The number of carbonyl (C=O) groups excluding carboxylic acids is 1. The highest BCUT2D eigenvalue weighted by atomic mass is 16.5. The van der Waals surface area contributed by atoms with Gasteiger partial charge in [0.1, 0.15) is 11.6 Å². The molecule has 3 rings (SSSR count). The Kier molecular flexibility index (Phi) is 3.25. The third-order valence-electron chi connectivity index (χ3n) is 3.28. The van der Waals surface area contributed by atoms with Crippen molar-refractivity contribution < 1.29 is 9.53 Å². The summed E-state index contributed by atoms with van der Waals surface area (Å²) in [6.45, 7) is 0.468. The van der Waals surface area contributed by atoms with Crippen LogP contribution in [0.4, 0.5) is 11.5 Å². The topological polar surface area (TPSA) is 77.2 Å². The number of nitrogen functional groups attached to an aromatic ring is 1. The Morgan fingerprint density at radius 1 is 1.35 bits per heavy atom. The van der Waals surface area contributed by atoms with Crippen LogP contribution < -0.4 is 15.8 Å². The molecule has 1 aliphatic heterocycles. The Hall–Kier alpha value is -2.56. The fraction of sp³-hybridized carbons (Fsp3) is 0.200. The van der Waals surface area contributed by atoms with Gasteiger partial charge in [-0.1, -0.05) is 18.2 Å². The molecule has 20 heavy (non-hydrogen) atoms. The van der Waals surface area contributed by atoms with E-state index in [1.165, 1.54) is 0 Å². The summed E-state index contributed by atoms with van der Waals surface area (Å²) in [5.41, 5.74) is 7.41. The number of anilines is 2. The number of rotatable bonds is 3. The van der Waals surface area contributed by atoms with Gasteiger partial charge in [0.2, 0.25) is 0 Å². The van der Waals surface area contributed by atoms with Gasteiger partial charge in [0.15, 0.2) is 11.9 Å². The Morgan fingerprint density at radius 3 is 3.05 bits per heavy atom. The van der Waals surface area contributed by atoms with Crippen LogP contribution in [0, 0.1) is 0 Å². The molecule has 2 aromatic rings. The number of ketones is 1. The quantitative estimate of drug-likeness (QED) is 0.886. The summed E-state index contributed by atoms with van der Waals surface area (Å²) in [5, 5.41) is 3.20. The van der Waals surface area contributed by atoms with Gasteiger partial charge in [0.05, 0.1) is 12.2 Å². The van der Waals surface area contributed by atoms with Crippen LogP contribution in [0.3, 0.4) is 0 Å². The summed E-state index contributed by atoms with van der Waals surface area (Å²) < 4.78 is 5.73. The van der Waals surface area contributed by atoms with Gasteiger partial charge < -0.3 is 15.8 Å². The molecule has 1 aliphatic rings. The highest BCUT2D eigenvalue weighted by molar-refractivity contribution is 5.87. The van der Waals surface area contributed by atoms with Crippen molar-refractivity contribution in [1.82, 2.24) is 4.98 Å². The van der Waals surface area contributed by atoms with Crippen molar-refractivity contribution >= 4 is 17.3 Å². The maximum Gasteiger partial charge on any atom is 0.179 e. The van der Waals surface area contributed by atoms with Crippen molar-refractivity contribution in [3.8, 4) is 5.75 Å². The lowest BCUT2D eigenvalue weighted by atomic mass is 10.0. The van der Waals surface area contributed by atoms with Crippen molar-refractivity contribution in [1.29, 1.82) is 0 Å². The summed E-state index contributed by atoms with van der Waals surface area (Å²) in [5.74, 6) is 1.09. The Morgan fingerprint density at radius 2 is 2.20 bits per heavy atom. The largest absolute Gasteiger partial charge is 0.479 e. The number of Topliss-reactive ketones (excluding diaryl/α,β-unsaturated/α-hetero) is 1. The molecular weight excluding hydrogens is 254 g/mol. The normalized spacial score (nSPS) is 16.7. The van der Waals surface area contributed by atoms with Gasteiger partial charge in [0, 0.05) is 18.2 Å². The number of para-hydroxylation sites is 2. The molecular formula is C15H15N3O2. The van der Waals surface area contributed by atoms with E-state index in [2.05, 4.69) is 10.3 Å². The van der Waals surface area contributed by atoms with Gasteiger partial charge in [-0.2, -0.15) is 0 Å². The lowest BCUT2D eigenvalue weighted by Crippen LogP contribution is -2.38. The Bertz CT molecular complexity index is 643. The zero-order chi connectivity index (χ0) is 13.9. The summed E-state index contributed by atoms with van der Waals surface area (Å²) in [7, 11) is 0. The molecule has 0 amide bonds. The van der Waals surface area contributed by atoms with E-state index in [0.717, 1.165) is 11.3 Å². The summed E-state index contributed by atoms with van der Waals surface area (Å²) >= 11 is 0. The third-order valence-corrected chi connectivity index (χ3v) is 3.28. The number of nitrogens with one attached hydrogen (secondary N) is 1. The minimum absolute atomic E-state index is 0.00768. The molecule has 0 fully saturated rings. The molecule has 1 aromatic heterocycles. The van der Waals surface area contributed by atoms with Crippen molar-refractivity contribution in [3.05, 3.63) is 48.2 Å². The van der Waals surface area contributed by atoms with Crippen LogP contribution in [0.1, 0.15) is 5.56 Å². The molecule has 0 saturated heterocycles. The molecule has 0 saturated carbocycles.